The average molecular weight is 505 g/mol. The molecule has 0 unspecified atom stereocenters. The molecule has 0 aromatic heterocycles. The Hall–Kier alpha value is -4.18. The van der Waals surface area contributed by atoms with Crippen LogP contribution in [0.5, 0.6) is 5.75 Å². The number of nitro benzene ring substituents is 1. The zero-order valence-corrected chi connectivity index (χ0v) is 20.5. The van der Waals surface area contributed by atoms with Crippen molar-refractivity contribution >= 4 is 34.4 Å². The zero-order valence-electron chi connectivity index (χ0n) is 20.5. The second-order valence-electron chi connectivity index (χ2n) is 9.41. The molecule has 0 spiro atoms. The van der Waals surface area contributed by atoms with Gasteiger partial charge >= 0.3 is 5.69 Å². The van der Waals surface area contributed by atoms with Crippen LogP contribution in [0, 0.1) is 10.1 Å². The monoisotopic (exact) mass is 504 g/mol. The molecule has 2 heterocycles. The van der Waals surface area contributed by atoms with E-state index in [0.717, 1.165) is 29.5 Å². The first-order chi connectivity index (χ1) is 17.9. The predicted octanol–water partition coefficient (Wildman–Crippen LogP) is 3.62. The van der Waals surface area contributed by atoms with Gasteiger partial charge in [-0.2, -0.15) is 0 Å². The van der Waals surface area contributed by atoms with Crippen molar-refractivity contribution in [2.24, 2.45) is 0 Å². The van der Waals surface area contributed by atoms with Crippen LogP contribution in [-0.2, 0) is 16.0 Å². The van der Waals surface area contributed by atoms with Crippen molar-refractivity contribution in [1.82, 2.24) is 4.90 Å². The Morgan fingerprint density at radius 3 is 2.78 bits per heavy atom. The van der Waals surface area contributed by atoms with Gasteiger partial charge in [0.1, 0.15) is 0 Å². The molecule has 0 radical (unpaired) electrons. The maximum atomic E-state index is 13.0. The van der Waals surface area contributed by atoms with Gasteiger partial charge in [-0.3, -0.25) is 19.7 Å². The van der Waals surface area contributed by atoms with Crippen molar-refractivity contribution in [3.8, 4) is 5.75 Å². The second-order valence-corrected chi connectivity index (χ2v) is 9.41. The lowest BCUT2D eigenvalue weighted by Gasteiger charge is -2.23. The number of methoxy groups -OCH3 is 1. The summed E-state index contributed by atoms with van der Waals surface area (Å²) in [7, 11) is 1.39. The summed E-state index contributed by atoms with van der Waals surface area (Å²) in [6.45, 7) is 0.621. The first-order valence-corrected chi connectivity index (χ1v) is 12.3. The fraction of sp³-hybridized carbons (Fsp3) is 0.333. The number of nitrogens with zero attached hydrogens (tertiary/aromatic N) is 2. The number of nitro groups is 1. The second kappa shape index (κ2) is 10.1. The van der Waals surface area contributed by atoms with Gasteiger partial charge in [-0.25, -0.2) is 0 Å². The number of hydrogen-bond donors (Lipinski definition) is 3. The Morgan fingerprint density at radius 1 is 1.19 bits per heavy atom. The number of fused-ring (bicyclic) bond motifs is 1. The summed E-state index contributed by atoms with van der Waals surface area (Å²) in [6.07, 6.45) is 4.88. The number of anilines is 2. The highest BCUT2D eigenvalue weighted by molar-refractivity contribution is 6.09. The van der Waals surface area contributed by atoms with Crippen molar-refractivity contribution in [3.05, 3.63) is 75.0 Å². The topological polar surface area (TPSA) is 134 Å². The Morgan fingerprint density at radius 2 is 2.03 bits per heavy atom. The molecule has 2 amide bonds. The van der Waals surface area contributed by atoms with E-state index < -0.39 is 4.92 Å². The van der Waals surface area contributed by atoms with Crippen molar-refractivity contribution in [1.29, 1.82) is 0 Å². The number of amides is 2. The van der Waals surface area contributed by atoms with Crippen LogP contribution >= 0.6 is 0 Å². The van der Waals surface area contributed by atoms with E-state index in [1.165, 1.54) is 13.2 Å². The molecule has 0 saturated carbocycles. The molecule has 1 atom stereocenters. The van der Waals surface area contributed by atoms with Gasteiger partial charge in [-0.1, -0.05) is 6.07 Å². The number of carbonyl (C=O) groups excluding carboxylic acids is 2. The van der Waals surface area contributed by atoms with Crippen LogP contribution in [0.1, 0.15) is 36.8 Å². The van der Waals surface area contributed by atoms with Gasteiger partial charge in [0.2, 0.25) is 5.91 Å². The highest BCUT2D eigenvalue weighted by Crippen LogP contribution is 2.38. The Labute approximate surface area is 213 Å². The standard InChI is InChI=1S/C27H28N4O6/c1-37-25-14-18(6-9-24(25)31(35)36)17-5-7-20-22(13-17)28-23-11-16(4-8-21(23)29-27(20)34)12-26(33)30-10-2-3-19(30)15-32/h4,6,8-9,11,13-14,19,28,32H,2-3,5,7,10,12,15H2,1H3,(H,29,34)/t19-/m1/s1. The molecule has 1 saturated heterocycles. The Kier molecular flexibility index (Phi) is 6.66. The van der Waals surface area contributed by atoms with Gasteiger partial charge in [0.05, 0.1) is 42.5 Å². The Bertz CT molecular complexity index is 1350. The number of nitrogens with one attached hydrogen (secondary N) is 2. The van der Waals surface area contributed by atoms with Gasteiger partial charge in [0, 0.05) is 23.9 Å². The summed E-state index contributed by atoms with van der Waals surface area (Å²) in [6, 6.07) is 10.1. The van der Waals surface area contributed by atoms with Crippen molar-refractivity contribution in [3.63, 3.8) is 0 Å². The number of hydrogen-bond acceptors (Lipinski definition) is 7. The number of carbonyl (C=O) groups is 2. The number of allylic oxidation sites excluding steroid dienone is 2. The van der Waals surface area contributed by atoms with Gasteiger partial charge in [-0.05, 0) is 72.7 Å². The molecular formula is C27H28N4O6. The predicted molar refractivity (Wildman–Crippen MR) is 138 cm³/mol. The summed E-state index contributed by atoms with van der Waals surface area (Å²) in [5, 5.41) is 27.1. The Balaban J connectivity index is 1.41. The van der Waals surface area contributed by atoms with Crippen molar-refractivity contribution < 1.29 is 24.4 Å². The lowest BCUT2D eigenvalue weighted by molar-refractivity contribution is -0.385. The summed E-state index contributed by atoms with van der Waals surface area (Å²) in [5.74, 6) is -0.0404. The molecule has 1 fully saturated rings. The SMILES string of the molecule is COc1cc(C2=CC3=C(CC2)C(=O)Nc2ccc(CC(=O)N4CCC[C@@H]4CO)cc2N3)ccc1[N+](=O)[O-]. The van der Waals surface area contributed by atoms with Crippen molar-refractivity contribution in [2.45, 2.75) is 38.1 Å². The quantitative estimate of drug-likeness (QED) is 0.404. The highest BCUT2D eigenvalue weighted by atomic mass is 16.6. The average Bonchev–Trinajstić information content (AvgIpc) is 3.33. The molecule has 10 nitrogen and oxygen atoms in total. The molecule has 2 aliphatic heterocycles. The third kappa shape index (κ3) is 4.79. The van der Waals surface area contributed by atoms with E-state index in [-0.39, 0.29) is 42.3 Å². The van der Waals surface area contributed by atoms with Crippen LogP contribution in [0.2, 0.25) is 0 Å². The minimum absolute atomic E-state index is 0.0268. The van der Waals surface area contributed by atoms with E-state index >= 15 is 0 Å². The molecule has 3 N–H and O–H groups in total. The third-order valence-electron chi connectivity index (χ3n) is 7.17. The highest BCUT2D eigenvalue weighted by Gasteiger charge is 2.29. The van der Waals surface area contributed by atoms with E-state index in [4.69, 9.17) is 4.74 Å². The van der Waals surface area contributed by atoms with E-state index in [1.54, 1.807) is 23.1 Å². The van der Waals surface area contributed by atoms with Crippen LogP contribution in [0.15, 0.2) is 53.7 Å². The number of benzene rings is 2. The summed E-state index contributed by atoms with van der Waals surface area (Å²) in [4.78, 5) is 38.4. The van der Waals surface area contributed by atoms with Crippen LogP contribution in [-0.4, -0.2) is 53.0 Å². The number of aliphatic hydroxyl groups excluding tert-OH is 1. The van der Waals surface area contributed by atoms with Crippen molar-refractivity contribution in [2.75, 3.05) is 30.9 Å². The number of likely N-dealkylation sites (tertiary alicyclic amines) is 1. The summed E-state index contributed by atoms with van der Waals surface area (Å²) >= 11 is 0. The molecule has 0 bridgehead atoms. The number of aliphatic hydroxyl groups is 1. The van der Waals surface area contributed by atoms with Gasteiger partial charge in [0.25, 0.3) is 5.91 Å². The molecule has 5 rings (SSSR count). The molecule has 37 heavy (non-hydrogen) atoms. The van der Waals surface area contributed by atoms with E-state index in [9.17, 15) is 24.8 Å². The summed E-state index contributed by atoms with van der Waals surface area (Å²) < 4.78 is 5.22. The normalized spacial score (nSPS) is 18.8. The van der Waals surface area contributed by atoms with Crippen LogP contribution in [0.3, 0.4) is 0 Å². The number of rotatable bonds is 6. The van der Waals surface area contributed by atoms with Gasteiger partial charge in [-0.15, -0.1) is 0 Å². The van der Waals surface area contributed by atoms with Crippen LogP contribution in [0.25, 0.3) is 5.57 Å². The lowest BCUT2D eigenvalue weighted by Crippen LogP contribution is -2.38. The maximum Gasteiger partial charge on any atom is 0.310 e. The molecule has 10 heteroatoms. The fourth-order valence-corrected chi connectivity index (χ4v) is 5.22. The molecule has 2 aromatic carbocycles. The van der Waals surface area contributed by atoms with Gasteiger partial charge < -0.3 is 25.4 Å². The molecule has 192 valence electrons. The largest absolute Gasteiger partial charge is 0.490 e. The third-order valence-corrected chi connectivity index (χ3v) is 7.17. The maximum absolute atomic E-state index is 13.0. The van der Waals surface area contributed by atoms with Crippen LogP contribution in [0.4, 0.5) is 17.1 Å². The molecule has 3 aliphatic rings. The zero-order chi connectivity index (χ0) is 26.1. The number of ether oxygens (including phenoxy) is 1. The van der Waals surface area contributed by atoms with E-state index in [1.807, 2.05) is 18.2 Å². The molecular weight excluding hydrogens is 476 g/mol. The van der Waals surface area contributed by atoms with Crippen LogP contribution < -0.4 is 15.4 Å². The first-order valence-electron chi connectivity index (χ1n) is 12.3. The smallest absolute Gasteiger partial charge is 0.310 e. The fourth-order valence-electron chi connectivity index (χ4n) is 5.22. The molecule has 2 aromatic rings. The van der Waals surface area contributed by atoms with Gasteiger partial charge in [0.15, 0.2) is 5.75 Å². The minimum atomic E-state index is -0.483. The summed E-state index contributed by atoms with van der Waals surface area (Å²) in [5.41, 5.74) is 4.98. The minimum Gasteiger partial charge on any atom is -0.490 e. The van der Waals surface area contributed by atoms with E-state index in [0.29, 0.717) is 42.0 Å². The van der Waals surface area contributed by atoms with E-state index in [2.05, 4.69) is 10.6 Å². The molecule has 1 aliphatic carbocycles. The first kappa shape index (κ1) is 24.5. The lowest BCUT2D eigenvalue weighted by atomic mass is 9.90.